The van der Waals surface area contributed by atoms with Gasteiger partial charge in [0, 0.05) is 11.1 Å². The van der Waals surface area contributed by atoms with E-state index < -0.39 is 0 Å². The second-order valence-corrected chi connectivity index (χ2v) is 7.00. The van der Waals surface area contributed by atoms with Crippen LogP contribution in [0.1, 0.15) is 53.4 Å². The third-order valence-electron chi connectivity index (χ3n) is 4.22. The van der Waals surface area contributed by atoms with Gasteiger partial charge >= 0.3 is 0 Å². The first-order valence-electron chi connectivity index (χ1n) is 7.14. The number of carbonyl (C=O) groups is 2. The summed E-state index contributed by atoms with van der Waals surface area (Å²) in [7, 11) is 0. The molecule has 0 atom stereocenters. The lowest BCUT2D eigenvalue weighted by molar-refractivity contribution is -0.129. The largest absolute Gasteiger partial charge is 0.483 e. The molecule has 0 amide bonds. The molecular weight excluding hydrogens is 256 g/mol. The lowest BCUT2D eigenvalue weighted by atomic mass is 9.81. The molecule has 3 aliphatic rings. The average Bonchev–Trinajstić information content (AvgIpc) is 2.34. The van der Waals surface area contributed by atoms with Crippen LogP contribution in [0.3, 0.4) is 0 Å². The summed E-state index contributed by atoms with van der Waals surface area (Å²) in [5.74, 6) is 0.206. The highest BCUT2D eigenvalue weighted by Gasteiger charge is 2.45. The van der Waals surface area contributed by atoms with Crippen molar-refractivity contribution in [3.63, 3.8) is 0 Å². The fraction of sp³-hybridized carbons (Fsp3) is 0.625. The predicted octanol–water partition coefficient (Wildman–Crippen LogP) is 2.82. The standard InChI is InChI=1S/C16H20O4/c1-15(2)7-5-9-12(18)14-10(11(17)13(9)19-15)6-8-16(3,4)20-14/h5-8H2,1-4H3. The Morgan fingerprint density at radius 3 is 1.45 bits per heavy atom. The van der Waals surface area contributed by atoms with Crippen LogP contribution in [0, 0.1) is 0 Å². The van der Waals surface area contributed by atoms with Gasteiger partial charge in [0.2, 0.25) is 11.6 Å². The summed E-state index contributed by atoms with van der Waals surface area (Å²) in [6, 6.07) is 0. The van der Waals surface area contributed by atoms with E-state index in [-0.39, 0.29) is 34.3 Å². The molecule has 0 radical (unpaired) electrons. The van der Waals surface area contributed by atoms with Crippen LogP contribution in [0.25, 0.3) is 0 Å². The normalized spacial score (nSPS) is 27.6. The number of ether oxygens (including phenoxy) is 2. The molecule has 4 nitrogen and oxygen atoms in total. The van der Waals surface area contributed by atoms with Gasteiger partial charge in [-0.15, -0.1) is 0 Å². The number of carbonyl (C=O) groups excluding carboxylic acids is 2. The summed E-state index contributed by atoms with van der Waals surface area (Å²) in [4.78, 5) is 25.1. The molecule has 3 rings (SSSR count). The van der Waals surface area contributed by atoms with Gasteiger partial charge in [-0.2, -0.15) is 0 Å². The van der Waals surface area contributed by atoms with E-state index in [1.54, 1.807) is 0 Å². The molecule has 2 aliphatic heterocycles. The number of hydrogen-bond donors (Lipinski definition) is 0. The van der Waals surface area contributed by atoms with Crippen LogP contribution in [0.2, 0.25) is 0 Å². The van der Waals surface area contributed by atoms with Crippen LogP contribution < -0.4 is 0 Å². The van der Waals surface area contributed by atoms with Crippen LogP contribution in [-0.2, 0) is 19.1 Å². The zero-order valence-electron chi connectivity index (χ0n) is 12.5. The Bertz CT molecular complexity index is 523. The van der Waals surface area contributed by atoms with Gasteiger partial charge in [-0.1, -0.05) is 0 Å². The van der Waals surface area contributed by atoms with Crippen molar-refractivity contribution in [3.05, 3.63) is 22.7 Å². The van der Waals surface area contributed by atoms with Crippen molar-refractivity contribution in [1.29, 1.82) is 0 Å². The molecule has 0 bridgehead atoms. The number of Topliss-reactive ketones (excluding diaryl/α,β-unsaturated/α-hetero) is 2. The van der Waals surface area contributed by atoms with Gasteiger partial charge in [0.15, 0.2) is 11.5 Å². The van der Waals surface area contributed by atoms with Crippen molar-refractivity contribution in [3.8, 4) is 0 Å². The Hall–Kier alpha value is -1.58. The van der Waals surface area contributed by atoms with Crippen LogP contribution in [0.4, 0.5) is 0 Å². The highest BCUT2D eigenvalue weighted by atomic mass is 16.5. The van der Waals surface area contributed by atoms with Crippen molar-refractivity contribution >= 4 is 11.6 Å². The Morgan fingerprint density at radius 1 is 0.750 bits per heavy atom. The van der Waals surface area contributed by atoms with Crippen LogP contribution >= 0.6 is 0 Å². The van der Waals surface area contributed by atoms with Crippen LogP contribution in [-0.4, -0.2) is 22.8 Å². The van der Waals surface area contributed by atoms with Crippen molar-refractivity contribution < 1.29 is 19.1 Å². The lowest BCUT2D eigenvalue weighted by Crippen LogP contribution is -2.40. The van der Waals surface area contributed by atoms with Crippen LogP contribution in [0.5, 0.6) is 0 Å². The lowest BCUT2D eigenvalue weighted by Gasteiger charge is -2.39. The third-order valence-corrected chi connectivity index (χ3v) is 4.22. The fourth-order valence-corrected chi connectivity index (χ4v) is 2.93. The molecule has 0 spiro atoms. The highest BCUT2D eigenvalue weighted by Crippen LogP contribution is 2.42. The van der Waals surface area contributed by atoms with Crippen molar-refractivity contribution in [1.82, 2.24) is 0 Å². The Kier molecular flexibility index (Phi) is 2.66. The molecular formula is C16H20O4. The summed E-state index contributed by atoms with van der Waals surface area (Å²) in [6.45, 7) is 7.77. The summed E-state index contributed by atoms with van der Waals surface area (Å²) >= 11 is 0. The van der Waals surface area contributed by atoms with Gasteiger partial charge in [0.25, 0.3) is 0 Å². The van der Waals surface area contributed by atoms with E-state index in [0.29, 0.717) is 24.0 Å². The molecule has 0 unspecified atom stereocenters. The summed E-state index contributed by atoms with van der Waals surface area (Å²) in [6.07, 6.45) is 2.62. The van der Waals surface area contributed by atoms with Crippen molar-refractivity contribution in [2.24, 2.45) is 0 Å². The van der Waals surface area contributed by atoms with E-state index in [1.807, 2.05) is 27.7 Å². The average molecular weight is 276 g/mol. The zero-order valence-corrected chi connectivity index (χ0v) is 12.5. The summed E-state index contributed by atoms with van der Waals surface area (Å²) in [5, 5.41) is 0. The molecule has 0 saturated carbocycles. The molecule has 4 heteroatoms. The quantitative estimate of drug-likeness (QED) is 0.638. The second kappa shape index (κ2) is 3.96. The first kappa shape index (κ1) is 13.4. The van der Waals surface area contributed by atoms with E-state index in [1.165, 1.54) is 0 Å². The highest BCUT2D eigenvalue weighted by molar-refractivity contribution is 6.23. The maximum absolute atomic E-state index is 12.6. The fourth-order valence-electron chi connectivity index (χ4n) is 2.93. The maximum atomic E-state index is 12.6. The van der Waals surface area contributed by atoms with Gasteiger partial charge < -0.3 is 9.47 Å². The topological polar surface area (TPSA) is 52.6 Å². The second-order valence-electron chi connectivity index (χ2n) is 7.00. The Morgan fingerprint density at radius 2 is 1.10 bits per heavy atom. The molecule has 1 aliphatic carbocycles. The predicted molar refractivity (Wildman–Crippen MR) is 72.9 cm³/mol. The number of rotatable bonds is 0. The first-order chi connectivity index (χ1) is 9.20. The van der Waals surface area contributed by atoms with Gasteiger partial charge in [0.05, 0.1) is 0 Å². The SMILES string of the molecule is CC1(C)CCC2=C(O1)C(=O)C1=C(OC(C)(C)CC1)C2=O. The Balaban J connectivity index is 2.02. The summed E-state index contributed by atoms with van der Waals surface area (Å²) < 4.78 is 11.6. The minimum Gasteiger partial charge on any atom is -0.483 e. The van der Waals surface area contributed by atoms with Gasteiger partial charge in [-0.3, -0.25) is 9.59 Å². The number of ketones is 2. The molecule has 0 aromatic carbocycles. The molecule has 108 valence electrons. The van der Waals surface area contributed by atoms with Gasteiger partial charge in [-0.05, 0) is 53.4 Å². The minimum atomic E-state index is -0.387. The zero-order chi connectivity index (χ0) is 14.7. The maximum Gasteiger partial charge on any atom is 0.227 e. The van der Waals surface area contributed by atoms with E-state index in [0.717, 1.165) is 12.8 Å². The van der Waals surface area contributed by atoms with E-state index >= 15 is 0 Å². The van der Waals surface area contributed by atoms with Crippen LogP contribution in [0.15, 0.2) is 22.7 Å². The molecule has 0 fully saturated rings. The first-order valence-corrected chi connectivity index (χ1v) is 7.14. The molecule has 0 saturated heterocycles. The van der Waals surface area contributed by atoms with Crippen molar-refractivity contribution in [2.45, 2.75) is 64.6 Å². The smallest absolute Gasteiger partial charge is 0.227 e. The monoisotopic (exact) mass is 276 g/mol. The molecule has 20 heavy (non-hydrogen) atoms. The number of hydrogen-bond acceptors (Lipinski definition) is 4. The molecule has 0 aromatic heterocycles. The van der Waals surface area contributed by atoms with E-state index in [4.69, 9.17) is 9.47 Å². The van der Waals surface area contributed by atoms with Gasteiger partial charge in [-0.25, -0.2) is 0 Å². The van der Waals surface area contributed by atoms with E-state index in [2.05, 4.69) is 0 Å². The minimum absolute atomic E-state index is 0.155. The van der Waals surface area contributed by atoms with Crippen molar-refractivity contribution in [2.75, 3.05) is 0 Å². The van der Waals surface area contributed by atoms with E-state index in [9.17, 15) is 9.59 Å². The molecule has 2 heterocycles. The summed E-state index contributed by atoms with van der Waals surface area (Å²) in [5.41, 5.74) is 0.208. The molecule has 0 N–H and O–H groups in total. The third kappa shape index (κ3) is 1.98. The number of allylic oxidation sites excluding steroid dienone is 2. The molecule has 0 aromatic rings. The Labute approximate surface area is 118 Å². The van der Waals surface area contributed by atoms with Gasteiger partial charge in [0.1, 0.15) is 11.2 Å².